The Morgan fingerprint density at radius 1 is 0.911 bits per heavy atom. The first-order valence-corrected chi connectivity index (χ1v) is 15.5. The number of amides is 1. The smallest absolute Gasteiger partial charge is 0.262 e. The van der Waals surface area contributed by atoms with Crippen molar-refractivity contribution in [2.24, 2.45) is 0 Å². The Kier molecular flexibility index (Phi) is 8.41. The van der Waals surface area contributed by atoms with Crippen LogP contribution in [0.4, 0.5) is 11.4 Å². The fourth-order valence-electron chi connectivity index (χ4n) is 6.47. The molecular formula is C37H37N5O2S. The van der Waals surface area contributed by atoms with Gasteiger partial charge >= 0.3 is 0 Å². The summed E-state index contributed by atoms with van der Waals surface area (Å²) >= 11 is 5.99. The van der Waals surface area contributed by atoms with E-state index in [4.69, 9.17) is 21.9 Å². The van der Waals surface area contributed by atoms with E-state index < -0.39 is 0 Å². The summed E-state index contributed by atoms with van der Waals surface area (Å²) in [5.41, 5.74) is 11.0. The molecule has 1 fully saturated rings. The lowest BCUT2D eigenvalue weighted by atomic mass is 9.96. The first-order chi connectivity index (χ1) is 21.7. The number of aromatic nitrogens is 2. The summed E-state index contributed by atoms with van der Waals surface area (Å²) in [6.07, 6.45) is 1.82. The van der Waals surface area contributed by atoms with Crippen molar-refractivity contribution in [3.8, 4) is 11.4 Å². The number of hydrogen-bond acceptors (Lipinski definition) is 4. The highest BCUT2D eigenvalue weighted by atomic mass is 32.1. The molecule has 45 heavy (non-hydrogen) atoms. The number of hydrogen-bond donors (Lipinski definition) is 2. The van der Waals surface area contributed by atoms with Crippen LogP contribution in [-0.4, -0.2) is 27.2 Å². The van der Waals surface area contributed by atoms with Gasteiger partial charge in [-0.1, -0.05) is 42.0 Å². The van der Waals surface area contributed by atoms with Gasteiger partial charge in [-0.3, -0.25) is 9.78 Å². The van der Waals surface area contributed by atoms with E-state index in [9.17, 15) is 4.79 Å². The summed E-state index contributed by atoms with van der Waals surface area (Å²) in [5.74, 6) is 0.422. The van der Waals surface area contributed by atoms with Gasteiger partial charge in [-0.25, -0.2) is 0 Å². The van der Waals surface area contributed by atoms with Gasteiger partial charge in [-0.2, -0.15) is 0 Å². The molecule has 1 saturated heterocycles. The normalized spacial score (nSPS) is 16.0. The first-order valence-electron chi connectivity index (χ1n) is 15.1. The molecule has 0 unspecified atom stereocenters. The maximum atomic E-state index is 12.6. The number of anilines is 2. The van der Waals surface area contributed by atoms with Crippen LogP contribution in [0, 0.1) is 34.6 Å². The van der Waals surface area contributed by atoms with E-state index >= 15 is 0 Å². The van der Waals surface area contributed by atoms with Gasteiger partial charge in [-0.15, -0.1) is 0 Å². The molecule has 1 amide bonds. The predicted molar refractivity (Wildman–Crippen MR) is 184 cm³/mol. The van der Waals surface area contributed by atoms with Gasteiger partial charge in [0.1, 0.15) is 5.75 Å². The van der Waals surface area contributed by atoms with Crippen LogP contribution >= 0.6 is 12.2 Å². The number of aryl methyl sites for hydroxylation is 4. The molecule has 228 valence electrons. The second kappa shape index (κ2) is 12.6. The molecule has 6 rings (SSSR count). The Balaban J connectivity index is 1.33. The van der Waals surface area contributed by atoms with Crippen LogP contribution in [0.3, 0.4) is 0 Å². The topological polar surface area (TPSA) is 71.4 Å². The third kappa shape index (κ3) is 6.06. The molecule has 2 atom stereocenters. The number of para-hydroxylation sites is 1. The van der Waals surface area contributed by atoms with Crippen molar-refractivity contribution in [3.63, 3.8) is 0 Å². The summed E-state index contributed by atoms with van der Waals surface area (Å²) < 4.78 is 7.96. The van der Waals surface area contributed by atoms with Crippen LogP contribution in [-0.2, 0) is 4.79 Å². The summed E-state index contributed by atoms with van der Waals surface area (Å²) in [5, 5.41) is 7.12. The molecule has 8 heteroatoms. The summed E-state index contributed by atoms with van der Waals surface area (Å²) in [4.78, 5) is 19.5. The molecule has 0 saturated carbocycles. The lowest BCUT2D eigenvalue weighted by Gasteiger charge is -2.28. The Labute approximate surface area is 269 Å². The van der Waals surface area contributed by atoms with Gasteiger partial charge in [0.25, 0.3) is 5.91 Å². The number of thiocarbonyl (C=S) groups is 1. The highest BCUT2D eigenvalue weighted by Crippen LogP contribution is 2.44. The molecule has 0 aliphatic carbocycles. The van der Waals surface area contributed by atoms with Crippen molar-refractivity contribution in [1.29, 1.82) is 0 Å². The van der Waals surface area contributed by atoms with E-state index in [0.717, 1.165) is 22.8 Å². The van der Waals surface area contributed by atoms with E-state index in [1.54, 1.807) is 0 Å². The molecule has 2 aromatic heterocycles. The molecule has 1 aliphatic rings. The largest absolute Gasteiger partial charge is 0.484 e. The lowest BCUT2D eigenvalue weighted by Crippen LogP contribution is -2.29. The number of rotatable bonds is 8. The predicted octanol–water partition coefficient (Wildman–Crippen LogP) is 7.61. The average molecular weight is 616 g/mol. The Morgan fingerprint density at radius 2 is 1.60 bits per heavy atom. The minimum Gasteiger partial charge on any atom is -0.484 e. The summed E-state index contributed by atoms with van der Waals surface area (Å²) in [7, 11) is 0. The van der Waals surface area contributed by atoms with Crippen molar-refractivity contribution in [1.82, 2.24) is 14.9 Å². The highest BCUT2D eigenvalue weighted by molar-refractivity contribution is 7.80. The van der Waals surface area contributed by atoms with Gasteiger partial charge < -0.3 is 24.8 Å². The average Bonchev–Trinajstić information content (AvgIpc) is 3.52. The Morgan fingerprint density at radius 3 is 2.27 bits per heavy atom. The number of carbonyl (C=O) groups is 1. The first kappa shape index (κ1) is 30.1. The summed E-state index contributed by atoms with van der Waals surface area (Å²) in [6, 6.07) is 29.5. The van der Waals surface area contributed by atoms with Crippen molar-refractivity contribution in [2.45, 2.75) is 46.7 Å². The molecule has 3 heterocycles. The van der Waals surface area contributed by atoms with Gasteiger partial charge in [0.15, 0.2) is 11.7 Å². The number of nitrogens with zero attached hydrogens (tertiary/aromatic N) is 3. The standard InChI is InChI=1S/C37H37N5O2S/c1-23-19-24(2)35(25(3)20-23)41-26(4)21-31(27(41)5)36-34(32-13-9-10-18-38-32)40-37(45)42(36)29-16-14-28(15-17-29)39-33(43)22-44-30-11-7-6-8-12-30/h6-21,34,36H,22H2,1-5H3,(H,39,43)(H,40,45)/t34-,36-/m0/s1. The molecular weight excluding hydrogens is 579 g/mol. The van der Waals surface area contributed by atoms with Crippen molar-refractivity contribution in [2.75, 3.05) is 16.8 Å². The van der Waals surface area contributed by atoms with Gasteiger partial charge in [0.2, 0.25) is 0 Å². The van der Waals surface area contributed by atoms with Crippen molar-refractivity contribution >= 4 is 34.6 Å². The molecule has 3 aromatic carbocycles. The number of benzene rings is 3. The third-order valence-electron chi connectivity index (χ3n) is 8.29. The number of pyridine rings is 1. The third-order valence-corrected chi connectivity index (χ3v) is 8.60. The summed E-state index contributed by atoms with van der Waals surface area (Å²) in [6.45, 7) is 10.8. The number of nitrogens with one attached hydrogen (secondary N) is 2. The minimum atomic E-state index is -0.229. The fourth-order valence-corrected chi connectivity index (χ4v) is 6.82. The highest BCUT2D eigenvalue weighted by Gasteiger charge is 2.42. The fraction of sp³-hybridized carbons (Fsp3) is 0.216. The van der Waals surface area contributed by atoms with Crippen molar-refractivity contribution < 1.29 is 9.53 Å². The van der Waals surface area contributed by atoms with E-state index in [0.29, 0.717) is 16.5 Å². The van der Waals surface area contributed by atoms with Crippen molar-refractivity contribution in [3.05, 3.63) is 137 Å². The minimum absolute atomic E-state index is 0.0741. The van der Waals surface area contributed by atoms with Crippen LogP contribution in [0.5, 0.6) is 5.75 Å². The number of carbonyl (C=O) groups excluding carboxylic acids is 1. The maximum absolute atomic E-state index is 12.6. The van der Waals surface area contributed by atoms with E-state index in [2.05, 4.69) is 72.9 Å². The van der Waals surface area contributed by atoms with Crippen LogP contribution in [0.1, 0.15) is 51.4 Å². The SMILES string of the molecule is Cc1cc(C)c(-n2c(C)cc([C@H]3[C@H](c4ccccn4)NC(=S)N3c3ccc(NC(=O)COc4ccccc4)cc3)c2C)c(C)c1. The molecule has 5 aromatic rings. The Hall–Kier alpha value is -4.95. The molecule has 0 spiro atoms. The zero-order chi connectivity index (χ0) is 31.7. The van der Waals surface area contributed by atoms with E-state index in [-0.39, 0.29) is 24.6 Å². The van der Waals surface area contributed by atoms with E-state index in [1.165, 1.54) is 27.9 Å². The van der Waals surface area contributed by atoms with Crippen LogP contribution in [0.25, 0.3) is 5.69 Å². The van der Waals surface area contributed by atoms with Crippen LogP contribution in [0.15, 0.2) is 97.2 Å². The number of ether oxygens (including phenoxy) is 1. The van der Waals surface area contributed by atoms with Crippen LogP contribution in [0.2, 0.25) is 0 Å². The molecule has 1 aliphatic heterocycles. The Bertz CT molecular complexity index is 1830. The molecule has 2 N–H and O–H groups in total. The zero-order valence-electron chi connectivity index (χ0n) is 26.2. The van der Waals surface area contributed by atoms with Gasteiger partial charge in [0, 0.05) is 29.0 Å². The monoisotopic (exact) mass is 615 g/mol. The van der Waals surface area contributed by atoms with E-state index in [1.807, 2.05) is 79.0 Å². The maximum Gasteiger partial charge on any atom is 0.262 e. The van der Waals surface area contributed by atoms with Crippen LogP contribution < -0.4 is 20.3 Å². The molecule has 0 bridgehead atoms. The zero-order valence-corrected chi connectivity index (χ0v) is 27.0. The lowest BCUT2D eigenvalue weighted by molar-refractivity contribution is -0.118. The van der Waals surface area contributed by atoms with Gasteiger partial charge in [0.05, 0.1) is 23.5 Å². The quantitative estimate of drug-likeness (QED) is 0.175. The molecule has 0 radical (unpaired) electrons. The second-order valence-electron chi connectivity index (χ2n) is 11.6. The van der Waals surface area contributed by atoms with Gasteiger partial charge in [-0.05, 0) is 118 Å². The molecule has 7 nitrogen and oxygen atoms in total. The second-order valence-corrected chi connectivity index (χ2v) is 12.0.